The molecule has 1 saturated heterocycles. The van der Waals surface area contributed by atoms with Gasteiger partial charge in [-0.05, 0) is 36.6 Å². The molecule has 12 heteroatoms. The van der Waals surface area contributed by atoms with E-state index in [-0.39, 0.29) is 36.1 Å². The zero-order valence-corrected chi connectivity index (χ0v) is 24.5. The topological polar surface area (TPSA) is 56.1 Å². The molecule has 0 aliphatic carbocycles. The van der Waals surface area contributed by atoms with Crippen molar-refractivity contribution in [3.8, 4) is 17.0 Å². The van der Waals surface area contributed by atoms with E-state index < -0.39 is 34.7 Å². The maximum atomic E-state index is 15.8. The van der Waals surface area contributed by atoms with Crippen LogP contribution >= 0.6 is 12.4 Å². The second-order valence-electron chi connectivity index (χ2n) is 10.6. The van der Waals surface area contributed by atoms with Crippen molar-refractivity contribution in [3.05, 3.63) is 107 Å². The third kappa shape index (κ3) is 6.25. The van der Waals surface area contributed by atoms with Crippen LogP contribution in [-0.2, 0) is 26.4 Å². The Labute approximate surface area is 256 Å². The van der Waals surface area contributed by atoms with Crippen molar-refractivity contribution in [3.63, 3.8) is 0 Å². The predicted molar refractivity (Wildman–Crippen MR) is 158 cm³/mol. The van der Waals surface area contributed by atoms with E-state index in [0.717, 1.165) is 37.9 Å². The summed E-state index contributed by atoms with van der Waals surface area (Å²) in [7, 11) is 1.57. The molecule has 0 N–H and O–H groups in total. The smallest absolute Gasteiger partial charge is 0.419 e. The third-order valence-electron chi connectivity index (χ3n) is 7.69. The standard InChI is InChI=1S/C32H28F5N5O.ClH/c1-41-31-23(17-38-30(39-31)25-14-8-9-15-42(25)18-20-10-4-2-5-11-20)28(40-41)22-16-24(32(35,36)37)27(34)29(26(22)33)43-19-21-12-6-3-7-13-21;/h2-7,10-13,16-17,25H,8-9,14-15,18-19H2,1H3;1H. The maximum Gasteiger partial charge on any atom is 0.419 e. The van der Waals surface area contributed by atoms with Crippen molar-refractivity contribution in [1.82, 2.24) is 24.6 Å². The number of fused-ring (bicyclic) bond motifs is 1. The first kappa shape index (κ1) is 31.3. The molecule has 0 amide bonds. The summed E-state index contributed by atoms with van der Waals surface area (Å²) < 4.78 is 79.3. The van der Waals surface area contributed by atoms with E-state index in [1.807, 2.05) is 18.2 Å². The number of nitrogens with zero attached hydrogens (tertiary/aromatic N) is 5. The Morgan fingerprint density at radius 3 is 2.30 bits per heavy atom. The van der Waals surface area contributed by atoms with Gasteiger partial charge in [-0.2, -0.15) is 18.3 Å². The van der Waals surface area contributed by atoms with Crippen molar-refractivity contribution in [2.45, 2.75) is 44.6 Å². The highest BCUT2D eigenvalue weighted by atomic mass is 35.5. The molecule has 0 bridgehead atoms. The number of alkyl halides is 3. The van der Waals surface area contributed by atoms with Crippen molar-refractivity contribution in [2.75, 3.05) is 6.54 Å². The van der Waals surface area contributed by atoms with Crippen LogP contribution in [0.2, 0.25) is 0 Å². The molecule has 44 heavy (non-hydrogen) atoms. The lowest BCUT2D eigenvalue weighted by atomic mass is 10.00. The lowest BCUT2D eigenvalue weighted by Crippen LogP contribution is -2.34. The largest absolute Gasteiger partial charge is 0.483 e. The number of aryl methyl sites for hydroxylation is 1. The minimum absolute atomic E-state index is 0. The number of hydrogen-bond acceptors (Lipinski definition) is 5. The Bertz CT molecular complexity index is 1750. The molecule has 1 aliphatic rings. The molecular weight excluding hydrogens is 601 g/mol. The van der Waals surface area contributed by atoms with Crippen molar-refractivity contribution in [2.24, 2.45) is 7.05 Å². The molecule has 3 aromatic carbocycles. The third-order valence-corrected chi connectivity index (χ3v) is 7.69. The van der Waals surface area contributed by atoms with Crippen molar-refractivity contribution < 1.29 is 26.7 Å². The number of aromatic nitrogens is 4. The van der Waals surface area contributed by atoms with Gasteiger partial charge in [0.2, 0.25) is 0 Å². The van der Waals surface area contributed by atoms with E-state index in [2.05, 4.69) is 27.1 Å². The molecule has 6 nitrogen and oxygen atoms in total. The van der Waals surface area contributed by atoms with Crippen LogP contribution in [0.5, 0.6) is 5.75 Å². The van der Waals surface area contributed by atoms with E-state index in [9.17, 15) is 13.2 Å². The Morgan fingerprint density at radius 2 is 1.61 bits per heavy atom. The average Bonchev–Trinajstić information content (AvgIpc) is 3.33. The van der Waals surface area contributed by atoms with Gasteiger partial charge in [-0.25, -0.2) is 23.4 Å². The minimum Gasteiger partial charge on any atom is -0.483 e. The second-order valence-corrected chi connectivity index (χ2v) is 10.6. The molecule has 0 spiro atoms. The van der Waals surface area contributed by atoms with Crippen LogP contribution in [0.15, 0.2) is 72.9 Å². The van der Waals surface area contributed by atoms with Crippen LogP contribution < -0.4 is 4.74 Å². The summed E-state index contributed by atoms with van der Waals surface area (Å²) in [6.45, 7) is 1.26. The summed E-state index contributed by atoms with van der Waals surface area (Å²) in [4.78, 5) is 11.6. The quantitative estimate of drug-likeness (QED) is 0.171. The molecule has 0 saturated carbocycles. The molecule has 230 valence electrons. The van der Waals surface area contributed by atoms with E-state index in [1.165, 1.54) is 10.9 Å². The molecule has 5 aromatic rings. The van der Waals surface area contributed by atoms with Gasteiger partial charge in [-0.3, -0.25) is 4.90 Å². The highest BCUT2D eigenvalue weighted by Gasteiger charge is 2.39. The van der Waals surface area contributed by atoms with Gasteiger partial charge in [0.1, 0.15) is 18.1 Å². The maximum absolute atomic E-state index is 15.8. The molecule has 1 atom stereocenters. The van der Waals surface area contributed by atoms with Crippen LogP contribution in [0.1, 0.15) is 47.8 Å². The van der Waals surface area contributed by atoms with Gasteiger partial charge in [0, 0.05) is 25.4 Å². The summed E-state index contributed by atoms with van der Waals surface area (Å²) in [5.74, 6) is -3.67. The molecule has 2 aromatic heterocycles. The van der Waals surface area contributed by atoms with Crippen molar-refractivity contribution in [1.29, 1.82) is 0 Å². The summed E-state index contributed by atoms with van der Waals surface area (Å²) in [6, 6.07) is 18.8. The summed E-state index contributed by atoms with van der Waals surface area (Å²) in [5, 5.41) is 4.56. The SMILES string of the molecule is Cl.Cn1nc(-c2cc(C(F)(F)F)c(F)c(OCc3ccccc3)c2F)c2cnc(C3CCCCN3Cc3ccccc3)nc21. The van der Waals surface area contributed by atoms with Gasteiger partial charge in [0.15, 0.2) is 23.0 Å². The second kappa shape index (κ2) is 12.9. The molecular formula is C32H29ClF5N5O. The molecule has 0 radical (unpaired) electrons. The molecule has 1 aliphatic heterocycles. The molecule has 1 fully saturated rings. The van der Waals surface area contributed by atoms with Gasteiger partial charge in [0.25, 0.3) is 0 Å². The summed E-state index contributed by atoms with van der Waals surface area (Å²) >= 11 is 0. The van der Waals surface area contributed by atoms with Gasteiger partial charge < -0.3 is 4.74 Å². The zero-order chi connectivity index (χ0) is 30.1. The normalized spacial score (nSPS) is 15.7. The fraction of sp³-hybridized carbons (Fsp3) is 0.281. The van der Waals surface area contributed by atoms with E-state index in [1.54, 1.807) is 37.4 Å². The van der Waals surface area contributed by atoms with Crippen LogP contribution in [-0.4, -0.2) is 31.2 Å². The van der Waals surface area contributed by atoms with E-state index >= 15 is 8.78 Å². The fourth-order valence-corrected chi connectivity index (χ4v) is 5.55. The zero-order valence-electron chi connectivity index (χ0n) is 23.7. The number of rotatable bonds is 7. The highest BCUT2D eigenvalue weighted by molar-refractivity contribution is 5.91. The first-order valence-electron chi connectivity index (χ1n) is 13.9. The Balaban J connectivity index is 0.00000384. The van der Waals surface area contributed by atoms with E-state index in [4.69, 9.17) is 9.72 Å². The molecule has 6 rings (SSSR count). The number of ether oxygens (including phenoxy) is 1. The first-order valence-corrected chi connectivity index (χ1v) is 13.9. The Morgan fingerprint density at radius 1 is 0.932 bits per heavy atom. The number of benzene rings is 3. The Hall–Kier alpha value is -4.09. The van der Waals surface area contributed by atoms with Gasteiger partial charge in [-0.15, -0.1) is 12.4 Å². The molecule has 1 unspecified atom stereocenters. The van der Waals surface area contributed by atoms with Crippen LogP contribution in [0.25, 0.3) is 22.3 Å². The number of piperidine rings is 1. The number of halogens is 6. The van der Waals surface area contributed by atoms with Crippen LogP contribution in [0.3, 0.4) is 0 Å². The lowest BCUT2D eigenvalue weighted by Gasteiger charge is -2.34. The van der Waals surface area contributed by atoms with Crippen molar-refractivity contribution >= 4 is 23.4 Å². The van der Waals surface area contributed by atoms with Gasteiger partial charge in [0.05, 0.1) is 17.0 Å². The van der Waals surface area contributed by atoms with Crippen LogP contribution in [0.4, 0.5) is 22.0 Å². The minimum atomic E-state index is -5.10. The lowest BCUT2D eigenvalue weighted by molar-refractivity contribution is -0.140. The Kier molecular flexibility index (Phi) is 9.17. The number of hydrogen-bond donors (Lipinski definition) is 0. The van der Waals surface area contributed by atoms with E-state index in [0.29, 0.717) is 23.1 Å². The van der Waals surface area contributed by atoms with Crippen LogP contribution in [0, 0.1) is 11.6 Å². The fourth-order valence-electron chi connectivity index (χ4n) is 5.55. The highest BCUT2D eigenvalue weighted by Crippen LogP contribution is 2.42. The number of likely N-dealkylation sites (tertiary alicyclic amines) is 1. The predicted octanol–water partition coefficient (Wildman–Crippen LogP) is 8.06. The first-order chi connectivity index (χ1) is 20.7. The monoisotopic (exact) mass is 629 g/mol. The summed E-state index contributed by atoms with van der Waals surface area (Å²) in [6.07, 6.45) is -0.764. The van der Waals surface area contributed by atoms with Gasteiger partial charge in [-0.1, -0.05) is 67.1 Å². The molecule has 3 heterocycles. The summed E-state index contributed by atoms with van der Waals surface area (Å²) in [5.41, 5.74) is -0.316. The average molecular weight is 630 g/mol. The van der Waals surface area contributed by atoms with Gasteiger partial charge >= 0.3 is 6.18 Å².